The Labute approximate surface area is 135 Å². The smallest absolute Gasteiger partial charge is 0.220 e. The molecular weight excluding hydrogens is 280 g/mol. The van der Waals surface area contributed by atoms with Crippen molar-refractivity contribution in [1.29, 1.82) is 0 Å². The Balaban J connectivity index is 3.60. The number of carbonyl (C=O) groups excluding carboxylic acids is 1. The molecule has 1 amide bonds. The van der Waals surface area contributed by atoms with E-state index in [2.05, 4.69) is 12.2 Å². The second-order valence-electron chi connectivity index (χ2n) is 6.15. The zero-order valence-corrected chi connectivity index (χ0v) is 14.4. The van der Waals surface area contributed by atoms with Gasteiger partial charge in [0.25, 0.3) is 0 Å². The van der Waals surface area contributed by atoms with E-state index in [0.717, 1.165) is 12.8 Å². The zero-order valence-electron chi connectivity index (χ0n) is 14.4. The zero-order chi connectivity index (χ0) is 16.8. The lowest BCUT2D eigenvalue weighted by Crippen LogP contribution is -2.53. The first-order valence-corrected chi connectivity index (χ1v) is 8.94. The van der Waals surface area contributed by atoms with Crippen molar-refractivity contribution >= 4 is 5.91 Å². The first kappa shape index (κ1) is 21.4. The van der Waals surface area contributed by atoms with Gasteiger partial charge in [-0.25, -0.2) is 0 Å². The predicted octanol–water partition coefficient (Wildman–Crippen LogP) is 2.44. The van der Waals surface area contributed by atoms with Crippen LogP contribution in [-0.4, -0.2) is 34.5 Å². The molecule has 0 aliphatic heterocycles. The van der Waals surface area contributed by atoms with Crippen LogP contribution < -0.4 is 11.1 Å². The lowest BCUT2D eigenvalue weighted by molar-refractivity contribution is -0.123. The van der Waals surface area contributed by atoms with Crippen LogP contribution in [-0.2, 0) is 4.79 Å². The van der Waals surface area contributed by atoms with Crippen LogP contribution in [0.2, 0.25) is 0 Å². The third kappa shape index (κ3) is 11.0. The summed E-state index contributed by atoms with van der Waals surface area (Å²) < 4.78 is 0. The highest BCUT2D eigenvalue weighted by atomic mass is 16.5. The number of amides is 1. The Morgan fingerprint density at radius 2 is 1.45 bits per heavy atom. The first-order valence-electron chi connectivity index (χ1n) is 8.94. The molecule has 0 rings (SSSR count). The van der Waals surface area contributed by atoms with Crippen LogP contribution in [0.5, 0.6) is 0 Å². The fourth-order valence-corrected chi connectivity index (χ4v) is 2.55. The van der Waals surface area contributed by atoms with Crippen LogP contribution in [0.15, 0.2) is 0 Å². The lowest BCUT2D eigenvalue weighted by atomic mass is 10.0. The quantitative estimate of drug-likeness (QED) is 0.292. The lowest BCUT2D eigenvalue weighted by Gasteiger charge is -2.25. The van der Waals surface area contributed by atoms with E-state index < -0.39 is 12.3 Å². The summed E-state index contributed by atoms with van der Waals surface area (Å²) in [5.41, 5.74) is 5.65. The molecule has 2 atom stereocenters. The highest BCUT2D eigenvalue weighted by molar-refractivity contribution is 5.76. The van der Waals surface area contributed by atoms with Crippen LogP contribution in [0.4, 0.5) is 0 Å². The standard InChI is InChI=1S/C17H36N2O3/c1-3-5-6-7-8-9-10-11-12-13-15(20)19-14(4-2)16(18)17(21)22/h14,16-17,21-22H,3-13,18H2,1-2H3,(H,19,20). The molecule has 0 fully saturated rings. The topological polar surface area (TPSA) is 95.6 Å². The number of rotatable bonds is 14. The molecule has 0 aromatic rings. The summed E-state index contributed by atoms with van der Waals surface area (Å²) in [7, 11) is 0. The molecule has 0 radical (unpaired) electrons. The van der Waals surface area contributed by atoms with Crippen molar-refractivity contribution in [3.63, 3.8) is 0 Å². The molecule has 0 saturated carbocycles. The Hall–Kier alpha value is -0.650. The summed E-state index contributed by atoms with van der Waals surface area (Å²) in [4.78, 5) is 11.8. The van der Waals surface area contributed by atoms with Crippen molar-refractivity contribution in [3.05, 3.63) is 0 Å². The molecule has 0 aromatic heterocycles. The minimum atomic E-state index is -1.60. The molecule has 5 nitrogen and oxygen atoms in total. The summed E-state index contributed by atoms with van der Waals surface area (Å²) in [5, 5.41) is 20.9. The SMILES string of the molecule is CCCCCCCCCCCC(=O)NC(CC)C(N)C(O)O. The Morgan fingerprint density at radius 3 is 1.91 bits per heavy atom. The van der Waals surface area contributed by atoms with Crippen LogP contribution in [0.25, 0.3) is 0 Å². The van der Waals surface area contributed by atoms with E-state index in [1.54, 1.807) is 0 Å². The summed E-state index contributed by atoms with van der Waals surface area (Å²) in [6.07, 6.45) is 10.5. The van der Waals surface area contributed by atoms with Crippen LogP contribution in [0.3, 0.4) is 0 Å². The van der Waals surface area contributed by atoms with Gasteiger partial charge in [-0.1, -0.05) is 65.2 Å². The van der Waals surface area contributed by atoms with Crippen molar-refractivity contribution in [2.24, 2.45) is 5.73 Å². The highest BCUT2D eigenvalue weighted by Gasteiger charge is 2.23. The van der Waals surface area contributed by atoms with E-state index in [9.17, 15) is 4.79 Å². The minimum absolute atomic E-state index is 0.0501. The molecule has 132 valence electrons. The highest BCUT2D eigenvalue weighted by Crippen LogP contribution is 2.10. The van der Waals surface area contributed by atoms with E-state index in [1.807, 2.05) is 6.92 Å². The number of carbonyl (C=O) groups is 1. The van der Waals surface area contributed by atoms with Gasteiger partial charge in [-0.05, 0) is 12.8 Å². The molecule has 0 heterocycles. The summed E-state index contributed by atoms with van der Waals surface area (Å²) in [6.45, 7) is 4.09. The molecule has 22 heavy (non-hydrogen) atoms. The number of hydrogen-bond acceptors (Lipinski definition) is 4. The molecule has 0 bridgehead atoms. The van der Waals surface area contributed by atoms with Gasteiger partial charge in [-0.15, -0.1) is 0 Å². The Kier molecular flexibility index (Phi) is 13.6. The Morgan fingerprint density at radius 1 is 0.955 bits per heavy atom. The van der Waals surface area contributed by atoms with E-state index in [0.29, 0.717) is 12.8 Å². The maximum absolute atomic E-state index is 11.8. The van der Waals surface area contributed by atoms with E-state index in [1.165, 1.54) is 44.9 Å². The van der Waals surface area contributed by atoms with Gasteiger partial charge >= 0.3 is 0 Å². The van der Waals surface area contributed by atoms with Crippen LogP contribution >= 0.6 is 0 Å². The van der Waals surface area contributed by atoms with Gasteiger partial charge < -0.3 is 21.3 Å². The number of aliphatic hydroxyl groups is 2. The summed E-state index contributed by atoms with van der Waals surface area (Å²) in [6, 6.07) is -1.22. The number of aliphatic hydroxyl groups excluding tert-OH is 1. The van der Waals surface area contributed by atoms with Gasteiger partial charge in [0, 0.05) is 12.5 Å². The molecular formula is C17H36N2O3. The Bertz CT molecular complexity index is 273. The minimum Gasteiger partial charge on any atom is -0.367 e. The second kappa shape index (κ2) is 14.0. The van der Waals surface area contributed by atoms with E-state index in [-0.39, 0.29) is 11.9 Å². The average molecular weight is 316 g/mol. The fraction of sp³-hybridized carbons (Fsp3) is 0.941. The van der Waals surface area contributed by atoms with E-state index >= 15 is 0 Å². The normalized spacial score (nSPS) is 14.1. The van der Waals surface area contributed by atoms with Crippen LogP contribution in [0, 0.1) is 0 Å². The maximum atomic E-state index is 11.8. The van der Waals surface area contributed by atoms with Crippen molar-refractivity contribution in [2.45, 2.75) is 103 Å². The van der Waals surface area contributed by atoms with Crippen molar-refractivity contribution in [2.75, 3.05) is 0 Å². The van der Waals surface area contributed by atoms with Crippen molar-refractivity contribution < 1.29 is 15.0 Å². The second-order valence-corrected chi connectivity index (χ2v) is 6.15. The first-order chi connectivity index (χ1) is 10.5. The van der Waals surface area contributed by atoms with Crippen LogP contribution in [0.1, 0.15) is 84.5 Å². The summed E-state index contributed by atoms with van der Waals surface area (Å²) >= 11 is 0. The largest absolute Gasteiger partial charge is 0.367 e. The number of hydrogen-bond donors (Lipinski definition) is 4. The molecule has 2 unspecified atom stereocenters. The molecule has 0 saturated heterocycles. The van der Waals surface area contributed by atoms with Crippen molar-refractivity contribution in [3.8, 4) is 0 Å². The van der Waals surface area contributed by atoms with Gasteiger partial charge in [0.15, 0.2) is 6.29 Å². The van der Waals surface area contributed by atoms with Crippen molar-refractivity contribution in [1.82, 2.24) is 5.32 Å². The molecule has 5 heteroatoms. The number of nitrogens with two attached hydrogens (primary N) is 1. The molecule has 0 aliphatic rings. The fourth-order valence-electron chi connectivity index (χ4n) is 2.55. The third-order valence-corrected chi connectivity index (χ3v) is 4.10. The van der Waals surface area contributed by atoms with Gasteiger partial charge in [0.05, 0.1) is 6.04 Å². The molecule has 5 N–H and O–H groups in total. The van der Waals surface area contributed by atoms with Gasteiger partial charge in [0.1, 0.15) is 0 Å². The molecule has 0 aliphatic carbocycles. The van der Waals surface area contributed by atoms with Gasteiger partial charge in [0.2, 0.25) is 5.91 Å². The summed E-state index contributed by atoms with van der Waals surface area (Å²) in [5.74, 6) is -0.0501. The number of nitrogens with one attached hydrogen (secondary N) is 1. The van der Waals surface area contributed by atoms with Gasteiger partial charge in [-0.3, -0.25) is 4.79 Å². The molecule has 0 spiro atoms. The predicted molar refractivity (Wildman–Crippen MR) is 90.3 cm³/mol. The monoisotopic (exact) mass is 316 g/mol. The third-order valence-electron chi connectivity index (χ3n) is 4.10. The van der Waals surface area contributed by atoms with E-state index in [4.69, 9.17) is 15.9 Å². The average Bonchev–Trinajstić information content (AvgIpc) is 2.50. The maximum Gasteiger partial charge on any atom is 0.220 e. The number of unbranched alkanes of at least 4 members (excludes halogenated alkanes) is 8. The molecule has 0 aromatic carbocycles. The van der Waals surface area contributed by atoms with Gasteiger partial charge in [-0.2, -0.15) is 0 Å².